The average Bonchev–Trinajstić information content (AvgIpc) is 2.82. The van der Waals surface area contributed by atoms with Gasteiger partial charge in [-0.1, -0.05) is 78.3 Å². The highest BCUT2D eigenvalue weighted by Crippen LogP contribution is 2.27. The highest BCUT2D eigenvalue weighted by molar-refractivity contribution is 9.10. The van der Waals surface area contributed by atoms with Gasteiger partial charge in [0.25, 0.3) is 5.56 Å². The lowest BCUT2D eigenvalue weighted by molar-refractivity contribution is 0.613. The fraction of sp³-hybridized carbons (Fsp3) is 0.148. The van der Waals surface area contributed by atoms with E-state index in [0.29, 0.717) is 16.7 Å². The molecular weight excluding hydrogens is 462 g/mol. The molecule has 32 heavy (non-hydrogen) atoms. The molecule has 0 fully saturated rings. The molecule has 4 nitrogen and oxygen atoms in total. The Bertz CT molecular complexity index is 1510. The Morgan fingerprint density at radius 3 is 2.28 bits per heavy atom. The van der Waals surface area contributed by atoms with Crippen LogP contribution in [0.2, 0.25) is 0 Å². The van der Waals surface area contributed by atoms with Gasteiger partial charge in [-0.05, 0) is 52.2 Å². The molecule has 0 aliphatic rings. The Kier molecular flexibility index (Phi) is 5.35. The molecule has 0 spiro atoms. The first-order valence-electron chi connectivity index (χ1n) is 10.7. The predicted octanol–water partition coefficient (Wildman–Crippen LogP) is 6.86. The van der Waals surface area contributed by atoms with Crippen molar-refractivity contribution in [3.63, 3.8) is 0 Å². The Hall–Kier alpha value is -3.31. The molecule has 0 N–H and O–H groups in total. The lowest BCUT2D eigenvalue weighted by atomic mass is 9.97. The molecule has 5 aromatic rings. The molecule has 0 radical (unpaired) electrons. The Morgan fingerprint density at radius 1 is 0.969 bits per heavy atom. The second-order valence-corrected chi connectivity index (χ2v) is 8.95. The summed E-state index contributed by atoms with van der Waals surface area (Å²) in [5, 5.41) is 9.76. The topological polar surface area (TPSA) is 47.2 Å². The number of benzene rings is 4. The van der Waals surface area contributed by atoms with Crippen LogP contribution in [0.1, 0.15) is 37.6 Å². The van der Waals surface area contributed by atoms with Crippen LogP contribution >= 0.6 is 15.9 Å². The number of aromatic nitrogens is 2. The number of nitrogens with zero attached hydrogens (tertiary/aromatic N) is 3. The van der Waals surface area contributed by atoms with Gasteiger partial charge in [0.05, 0.1) is 17.1 Å². The third-order valence-electron chi connectivity index (χ3n) is 6.00. The molecular formula is C27H22BrN3O. The normalized spacial score (nSPS) is 12.8. The SMILES string of the molecule is CC[C@@H](C)c1nc2ccc(Br)cc2c(=O)n1N=Cc1c2ccccc2cc2ccccc12. The molecule has 0 aliphatic carbocycles. The number of hydrogen-bond donors (Lipinski definition) is 0. The first kappa shape index (κ1) is 20.6. The lowest BCUT2D eigenvalue weighted by Gasteiger charge is -2.14. The summed E-state index contributed by atoms with van der Waals surface area (Å²) in [5.41, 5.74) is 1.53. The highest BCUT2D eigenvalue weighted by Gasteiger charge is 2.16. The molecule has 0 bridgehead atoms. The van der Waals surface area contributed by atoms with Crippen LogP contribution < -0.4 is 5.56 Å². The van der Waals surface area contributed by atoms with E-state index in [-0.39, 0.29) is 11.5 Å². The maximum atomic E-state index is 13.5. The van der Waals surface area contributed by atoms with Crippen molar-refractivity contribution in [2.45, 2.75) is 26.2 Å². The van der Waals surface area contributed by atoms with E-state index in [4.69, 9.17) is 10.1 Å². The quantitative estimate of drug-likeness (QED) is 0.207. The van der Waals surface area contributed by atoms with Crippen LogP contribution in [-0.4, -0.2) is 15.9 Å². The van der Waals surface area contributed by atoms with Crippen molar-refractivity contribution in [1.82, 2.24) is 9.66 Å². The van der Waals surface area contributed by atoms with Crippen molar-refractivity contribution < 1.29 is 0 Å². The first-order valence-corrected chi connectivity index (χ1v) is 11.5. The van der Waals surface area contributed by atoms with Crippen molar-refractivity contribution in [2.75, 3.05) is 0 Å². The molecule has 158 valence electrons. The van der Waals surface area contributed by atoms with Gasteiger partial charge >= 0.3 is 0 Å². The van der Waals surface area contributed by atoms with Crippen LogP contribution in [-0.2, 0) is 0 Å². The molecule has 0 unspecified atom stereocenters. The highest BCUT2D eigenvalue weighted by atomic mass is 79.9. The smallest absolute Gasteiger partial charge is 0.267 e. The lowest BCUT2D eigenvalue weighted by Crippen LogP contribution is -2.23. The summed E-state index contributed by atoms with van der Waals surface area (Å²) in [6, 6.07) is 24.3. The fourth-order valence-electron chi connectivity index (χ4n) is 4.08. The van der Waals surface area contributed by atoms with Gasteiger partial charge in [0.15, 0.2) is 0 Å². The van der Waals surface area contributed by atoms with Crippen molar-refractivity contribution in [2.24, 2.45) is 5.10 Å². The Morgan fingerprint density at radius 2 is 1.62 bits per heavy atom. The molecule has 5 heteroatoms. The summed E-state index contributed by atoms with van der Waals surface area (Å²) >= 11 is 3.47. The van der Waals surface area contributed by atoms with Crippen LogP contribution in [0.3, 0.4) is 0 Å². The molecule has 1 heterocycles. The van der Waals surface area contributed by atoms with Crippen LogP contribution in [0.4, 0.5) is 0 Å². The van der Waals surface area contributed by atoms with Crippen LogP contribution in [0.5, 0.6) is 0 Å². The minimum Gasteiger partial charge on any atom is -0.267 e. The molecule has 5 rings (SSSR count). The molecule has 0 saturated heterocycles. The fourth-order valence-corrected chi connectivity index (χ4v) is 4.44. The number of halogens is 1. The predicted molar refractivity (Wildman–Crippen MR) is 137 cm³/mol. The second kappa shape index (κ2) is 8.32. The first-order chi connectivity index (χ1) is 15.6. The van der Waals surface area contributed by atoms with E-state index in [2.05, 4.69) is 60.1 Å². The number of hydrogen-bond acceptors (Lipinski definition) is 3. The van der Waals surface area contributed by atoms with Gasteiger partial charge in [0, 0.05) is 16.0 Å². The van der Waals surface area contributed by atoms with Crippen molar-refractivity contribution in [3.8, 4) is 0 Å². The van der Waals surface area contributed by atoms with Gasteiger partial charge in [0.1, 0.15) is 5.82 Å². The second-order valence-electron chi connectivity index (χ2n) is 8.03. The number of rotatable bonds is 4. The van der Waals surface area contributed by atoms with E-state index in [1.165, 1.54) is 4.68 Å². The zero-order valence-electron chi connectivity index (χ0n) is 17.9. The molecule has 1 atom stereocenters. The summed E-state index contributed by atoms with van der Waals surface area (Å²) in [5.74, 6) is 0.769. The zero-order valence-corrected chi connectivity index (χ0v) is 19.5. The molecule has 1 aromatic heterocycles. The van der Waals surface area contributed by atoms with E-state index in [1.807, 2.05) is 48.7 Å². The van der Waals surface area contributed by atoms with Gasteiger partial charge in [-0.15, -0.1) is 0 Å². The molecule has 4 aromatic carbocycles. The van der Waals surface area contributed by atoms with Gasteiger partial charge in [-0.3, -0.25) is 4.79 Å². The minimum absolute atomic E-state index is 0.0946. The monoisotopic (exact) mass is 483 g/mol. The summed E-state index contributed by atoms with van der Waals surface area (Å²) in [6.45, 7) is 4.17. The van der Waals surface area contributed by atoms with Crippen molar-refractivity contribution in [1.29, 1.82) is 0 Å². The molecule has 0 amide bonds. The summed E-state index contributed by atoms with van der Waals surface area (Å²) in [6.07, 6.45) is 2.67. The Balaban J connectivity index is 1.79. The largest absolute Gasteiger partial charge is 0.282 e. The summed E-state index contributed by atoms with van der Waals surface area (Å²) < 4.78 is 2.32. The number of fused-ring (bicyclic) bond motifs is 3. The van der Waals surface area contributed by atoms with Crippen LogP contribution in [0.25, 0.3) is 32.4 Å². The third-order valence-corrected chi connectivity index (χ3v) is 6.50. The van der Waals surface area contributed by atoms with E-state index in [0.717, 1.165) is 38.0 Å². The van der Waals surface area contributed by atoms with Crippen LogP contribution in [0.15, 0.2) is 87.2 Å². The van der Waals surface area contributed by atoms with Crippen molar-refractivity contribution in [3.05, 3.63) is 99.0 Å². The van der Waals surface area contributed by atoms with E-state index in [9.17, 15) is 4.79 Å². The van der Waals surface area contributed by atoms with Gasteiger partial charge in [0.2, 0.25) is 0 Å². The summed E-state index contributed by atoms with van der Waals surface area (Å²) in [7, 11) is 0. The van der Waals surface area contributed by atoms with E-state index >= 15 is 0 Å². The van der Waals surface area contributed by atoms with Gasteiger partial charge in [-0.25, -0.2) is 4.98 Å². The van der Waals surface area contributed by atoms with Crippen molar-refractivity contribution >= 4 is 54.6 Å². The van der Waals surface area contributed by atoms with Gasteiger partial charge in [-0.2, -0.15) is 9.78 Å². The standard InChI is InChI=1S/C27H22BrN3O/c1-3-17(2)26-30-25-13-12-20(28)15-23(25)27(32)31(26)29-16-24-21-10-6-4-8-18(21)14-19-9-5-7-11-22(19)24/h4-17H,3H2,1-2H3/t17-/m1/s1. The molecule has 0 saturated carbocycles. The maximum Gasteiger partial charge on any atom is 0.282 e. The zero-order chi connectivity index (χ0) is 22.2. The van der Waals surface area contributed by atoms with E-state index in [1.54, 1.807) is 0 Å². The minimum atomic E-state index is -0.160. The molecule has 0 aliphatic heterocycles. The van der Waals surface area contributed by atoms with Gasteiger partial charge < -0.3 is 0 Å². The maximum absolute atomic E-state index is 13.5. The van der Waals surface area contributed by atoms with E-state index < -0.39 is 0 Å². The van der Waals surface area contributed by atoms with Crippen LogP contribution in [0, 0.1) is 0 Å². The average molecular weight is 484 g/mol. The third kappa shape index (κ3) is 3.53. The Labute approximate surface area is 194 Å². The summed E-state index contributed by atoms with van der Waals surface area (Å²) in [4.78, 5) is 18.3.